The van der Waals surface area contributed by atoms with Crippen molar-refractivity contribution in [2.75, 3.05) is 12.8 Å². The molecular formula is C10H9ClFN3O. The molecule has 6 heteroatoms. The maximum absolute atomic E-state index is 13.5. The van der Waals surface area contributed by atoms with Crippen LogP contribution in [0.5, 0.6) is 5.75 Å². The largest absolute Gasteiger partial charge is 0.493 e. The van der Waals surface area contributed by atoms with Crippen molar-refractivity contribution in [2.45, 2.75) is 0 Å². The first-order valence-corrected chi connectivity index (χ1v) is 4.84. The summed E-state index contributed by atoms with van der Waals surface area (Å²) in [5, 5.41) is 6.71. The number of methoxy groups -OCH3 is 1. The van der Waals surface area contributed by atoms with Crippen molar-refractivity contribution >= 4 is 17.4 Å². The minimum absolute atomic E-state index is 0.105. The molecule has 0 aliphatic carbocycles. The summed E-state index contributed by atoms with van der Waals surface area (Å²) in [4.78, 5) is 0. The highest BCUT2D eigenvalue weighted by Crippen LogP contribution is 2.34. The number of anilines is 1. The molecule has 0 saturated heterocycles. The maximum Gasteiger partial charge on any atom is 0.167 e. The van der Waals surface area contributed by atoms with E-state index in [0.29, 0.717) is 17.1 Å². The fraction of sp³-hybridized carbons (Fsp3) is 0.100. The Morgan fingerprint density at radius 2 is 2.19 bits per heavy atom. The zero-order valence-electron chi connectivity index (χ0n) is 8.42. The lowest BCUT2D eigenvalue weighted by molar-refractivity contribution is 0.388. The number of nitrogen functional groups attached to an aromatic ring is 1. The topological polar surface area (TPSA) is 63.9 Å². The van der Waals surface area contributed by atoms with Gasteiger partial charge in [0.1, 0.15) is 5.82 Å². The van der Waals surface area contributed by atoms with E-state index in [4.69, 9.17) is 22.1 Å². The predicted molar refractivity (Wildman–Crippen MR) is 60.0 cm³/mol. The van der Waals surface area contributed by atoms with Crippen molar-refractivity contribution in [3.8, 4) is 17.0 Å². The van der Waals surface area contributed by atoms with Crippen molar-refractivity contribution in [1.29, 1.82) is 0 Å². The van der Waals surface area contributed by atoms with Crippen LogP contribution in [0.15, 0.2) is 18.2 Å². The molecule has 4 nitrogen and oxygen atoms in total. The number of hydrogen-bond acceptors (Lipinski definition) is 3. The summed E-state index contributed by atoms with van der Waals surface area (Å²) in [6.07, 6.45) is 0. The minimum atomic E-state index is -0.529. The van der Waals surface area contributed by atoms with E-state index in [1.807, 2.05) is 0 Å². The molecule has 0 bridgehead atoms. The third kappa shape index (κ3) is 1.81. The summed E-state index contributed by atoms with van der Waals surface area (Å²) in [7, 11) is 1.38. The molecule has 16 heavy (non-hydrogen) atoms. The van der Waals surface area contributed by atoms with Crippen molar-refractivity contribution in [3.63, 3.8) is 0 Å². The Labute approximate surface area is 96.2 Å². The van der Waals surface area contributed by atoms with Crippen LogP contribution < -0.4 is 10.5 Å². The van der Waals surface area contributed by atoms with Crippen LogP contribution in [0.4, 0.5) is 10.2 Å². The van der Waals surface area contributed by atoms with E-state index < -0.39 is 5.82 Å². The smallest absolute Gasteiger partial charge is 0.167 e. The molecule has 0 radical (unpaired) electrons. The number of ether oxygens (including phenoxy) is 1. The SMILES string of the molecule is COc1c(F)cc(Cl)cc1-c1cc(N)n[nH]1. The van der Waals surface area contributed by atoms with Crippen molar-refractivity contribution in [2.24, 2.45) is 0 Å². The monoisotopic (exact) mass is 241 g/mol. The number of benzene rings is 1. The Bertz CT molecular complexity index is 527. The molecule has 0 amide bonds. The first kappa shape index (κ1) is 10.8. The molecule has 1 aromatic carbocycles. The van der Waals surface area contributed by atoms with Crippen LogP contribution >= 0.6 is 11.6 Å². The van der Waals surface area contributed by atoms with Crippen molar-refractivity contribution in [1.82, 2.24) is 10.2 Å². The van der Waals surface area contributed by atoms with E-state index in [9.17, 15) is 4.39 Å². The van der Waals surface area contributed by atoms with E-state index in [0.717, 1.165) is 0 Å². The predicted octanol–water partition coefficient (Wildman–Crippen LogP) is 2.46. The number of rotatable bonds is 2. The van der Waals surface area contributed by atoms with E-state index >= 15 is 0 Å². The highest BCUT2D eigenvalue weighted by Gasteiger charge is 2.14. The average molecular weight is 242 g/mol. The molecule has 84 valence electrons. The zero-order chi connectivity index (χ0) is 11.7. The number of aromatic amines is 1. The third-order valence-corrected chi connectivity index (χ3v) is 2.32. The van der Waals surface area contributed by atoms with Crippen LogP contribution in [-0.2, 0) is 0 Å². The van der Waals surface area contributed by atoms with Gasteiger partial charge in [0.05, 0.1) is 12.8 Å². The van der Waals surface area contributed by atoms with Crippen LogP contribution in [0.3, 0.4) is 0 Å². The van der Waals surface area contributed by atoms with E-state index in [1.165, 1.54) is 13.2 Å². The molecule has 1 aromatic heterocycles. The van der Waals surface area contributed by atoms with E-state index in [1.54, 1.807) is 12.1 Å². The van der Waals surface area contributed by atoms with Crippen LogP contribution in [0, 0.1) is 5.82 Å². The number of nitrogens with two attached hydrogens (primary N) is 1. The molecule has 0 saturated carbocycles. The number of H-pyrrole nitrogens is 1. The van der Waals surface area contributed by atoms with Crippen LogP contribution in [-0.4, -0.2) is 17.3 Å². The highest BCUT2D eigenvalue weighted by molar-refractivity contribution is 6.31. The van der Waals surface area contributed by atoms with Crippen LogP contribution in [0.25, 0.3) is 11.3 Å². The number of hydrogen-bond donors (Lipinski definition) is 2. The van der Waals surface area contributed by atoms with Gasteiger partial charge in [0.2, 0.25) is 0 Å². The van der Waals surface area contributed by atoms with Gasteiger partial charge in [0.15, 0.2) is 11.6 Å². The number of nitrogens with one attached hydrogen (secondary N) is 1. The van der Waals surface area contributed by atoms with Gasteiger partial charge in [-0.2, -0.15) is 5.10 Å². The van der Waals surface area contributed by atoms with E-state index in [2.05, 4.69) is 10.2 Å². The fourth-order valence-corrected chi connectivity index (χ4v) is 1.65. The summed E-state index contributed by atoms with van der Waals surface area (Å²) in [5.41, 5.74) is 6.51. The van der Waals surface area contributed by atoms with Gasteiger partial charge in [-0.15, -0.1) is 0 Å². The first-order chi connectivity index (χ1) is 7.61. The van der Waals surface area contributed by atoms with Gasteiger partial charge in [-0.3, -0.25) is 5.10 Å². The number of nitrogens with zero attached hydrogens (tertiary/aromatic N) is 1. The quantitative estimate of drug-likeness (QED) is 0.849. The second-order valence-corrected chi connectivity index (χ2v) is 3.61. The van der Waals surface area contributed by atoms with Gasteiger partial charge >= 0.3 is 0 Å². The van der Waals surface area contributed by atoms with Crippen molar-refractivity contribution in [3.05, 3.63) is 29.0 Å². The van der Waals surface area contributed by atoms with E-state index in [-0.39, 0.29) is 10.8 Å². The van der Waals surface area contributed by atoms with Gasteiger partial charge in [-0.05, 0) is 12.1 Å². The molecule has 0 spiro atoms. The summed E-state index contributed by atoms with van der Waals surface area (Å²) in [6, 6.07) is 4.34. The molecule has 0 aliphatic heterocycles. The summed E-state index contributed by atoms with van der Waals surface area (Å²) < 4.78 is 18.5. The molecule has 1 heterocycles. The van der Waals surface area contributed by atoms with Gasteiger partial charge in [-0.1, -0.05) is 11.6 Å². The Morgan fingerprint density at radius 1 is 1.44 bits per heavy atom. The summed E-state index contributed by atoms with van der Waals surface area (Å²) in [6.45, 7) is 0. The highest BCUT2D eigenvalue weighted by atomic mass is 35.5. The molecule has 0 aliphatic rings. The minimum Gasteiger partial charge on any atom is -0.493 e. The molecular weight excluding hydrogens is 233 g/mol. The lowest BCUT2D eigenvalue weighted by atomic mass is 10.1. The van der Waals surface area contributed by atoms with Crippen molar-refractivity contribution < 1.29 is 9.13 Å². The molecule has 3 N–H and O–H groups in total. The lowest BCUT2D eigenvalue weighted by Gasteiger charge is -2.08. The zero-order valence-corrected chi connectivity index (χ0v) is 9.18. The van der Waals surface area contributed by atoms with Crippen LogP contribution in [0.1, 0.15) is 0 Å². The Balaban J connectivity index is 2.63. The van der Waals surface area contributed by atoms with Gasteiger partial charge in [0.25, 0.3) is 0 Å². The number of halogens is 2. The third-order valence-electron chi connectivity index (χ3n) is 2.10. The summed E-state index contributed by atoms with van der Waals surface area (Å²) >= 11 is 5.77. The second-order valence-electron chi connectivity index (χ2n) is 3.17. The van der Waals surface area contributed by atoms with Gasteiger partial charge < -0.3 is 10.5 Å². The maximum atomic E-state index is 13.5. The average Bonchev–Trinajstić information content (AvgIpc) is 2.63. The Kier molecular flexibility index (Phi) is 2.70. The molecule has 0 unspecified atom stereocenters. The fourth-order valence-electron chi connectivity index (χ4n) is 1.44. The van der Waals surface area contributed by atoms with Gasteiger partial charge in [-0.25, -0.2) is 4.39 Å². The first-order valence-electron chi connectivity index (χ1n) is 4.46. The van der Waals surface area contributed by atoms with Crippen LogP contribution in [0.2, 0.25) is 5.02 Å². The summed E-state index contributed by atoms with van der Waals surface area (Å²) in [5.74, 6) is -0.108. The molecule has 0 fully saturated rings. The normalized spacial score (nSPS) is 10.4. The lowest BCUT2D eigenvalue weighted by Crippen LogP contribution is -1.92. The molecule has 0 atom stereocenters. The Hall–Kier alpha value is -1.75. The standard InChI is InChI=1S/C10H9ClFN3O/c1-16-10-6(2-5(11)3-7(10)12)8-4-9(13)15-14-8/h2-4H,1H3,(H3,13,14,15). The second kappa shape index (κ2) is 4.02. The molecule has 2 rings (SSSR count). The Morgan fingerprint density at radius 3 is 2.75 bits per heavy atom. The van der Waals surface area contributed by atoms with Gasteiger partial charge in [0, 0.05) is 16.7 Å². The number of aromatic nitrogens is 2. The molecule has 2 aromatic rings.